The minimum absolute atomic E-state index is 0.00865. The zero-order valence-corrected chi connectivity index (χ0v) is 16.8. The first-order valence-electron chi connectivity index (χ1n) is 9.54. The molecule has 8 nitrogen and oxygen atoms in total. The summed E-state index contributed by atoms with van der Waals surface area (Å²) in [4.78, 5) is 50.8. The summed E-state index contributed by atoms with van der Waals surface area (Å²) >= 11 is 0. The van der Waals surface area contributed by atoms with Crippen molar-refractivity contribution in [1.82, 2.24) is 10.6 Å². The van der Waals surface area contributed by atoms with Crippen molar-refractivity contribution in [3.63, 3.8) is 0 Å². The second-order valence-electron chi connectivity index (χ2n) is 7.04. The monoisotopic (exact) mass is 409 g/mol. The number of esters is 1. The highest BCUT2D eigenvalue weighted by Crippen LogP contribution is 2.28. The molecular formula is C22H23N3O5. The van der Waals surface area contributed by atoms with Gasteiger partial charge >= 0.3 is 12.0 Å². The summed E-state index contributed by atoms with van der Waals surface area (Å²) in [6.07, 6.45) is -1.31. The Morgan fingerprint density at radius 3 is 2.37 bits per heavy atom. The van der Waals surface area contributed by atoms with Crippen molar-refractivity contribution in [3.8, 4) is 0 Å². The molecule has 0 aromatic heterocycles. The van der Waals surface area contributed by atoms with Gasteiger partial charge in [0.05, 0.1) is 5.92 Å². The number of hydrogen-bond acceptors (Lipinski definition) is 5. The number of carbonyl (C=O) groups is 4. The summed E-state index contributed by atoms with van der Waals surface area (Å²) in [7, 11) is 1.37. The molecule has 1 fully saturated rings. The van der Waals surface area contributed by atoms with Gasteiger partial charge in [0.1, 0.15) is 0 Å². The Labute approximate surface area is 174 Å². The van der Waals surface area contributed by atoms with Gasteiger partial charge in [-0.1, -0.05) is 48.0 Å². The number of ether oxygens (including phenoxy) is 1. The van der Waals surface area contributed by atoms with E-state index in [2.05, 4.69) is 10.6 Å². The quantitative estimate of drug-likeness (QED) is 0.736. The fraction of sp³-hybridized carbons (Fsp3) is 0.273. The Kier molecular flexibility index (Phi) is 6.46. The van der Waals surface area contributed by atoms with Crippen LogP contribution in [0.25, 0.3) is 0 Å². The van der Waals surface area contributed by atoms with Crippen molar-refractivity contribution in [2.45, 2.75) is 19.4 Å². The van der Waals surface area contributed by atoms with E-state index in [-0.39, 0.29) is 18.9 Å². The van der Waals surface area contributed by atoms with Gasteiger partial charge in [-0.25, -0.2) is 4.79 Å². The Balaban J connectivity index is 1.74. The van der Waals surface area contributed by atoms with E-state index in [9.17, 15) is 19.2 Å². The predicted molar refractivity (Wildman–Crippen MR) is 110 cm³/mol. The molecule has 30 heavy (non-hydrogen) atoms. The third-order valence-corrected chi connectivity index (χ3v) is 4.84. The third kappa shape index (κ3) is 4.83. The maximum absolute atomic E-state index is 12.8. The van der Waals surface area contributed by atoms with Crippen LogP contribution in [0.15, 0.2) is 54.6 Å². The van der Waals surface area contributed by atoms with Crippen LogP contribution in [0.3, 0.4) is 0 Å². The van der Waals surface area contributed by atoms with Gasteiger partial charge in [-0.15, -0.1) is 0 Å². The fourth-order valence-corrected chi connectivity index (χ4v) is 3.19. The summed E-state index contributed by atoms with van der Waals surface area (Å²) in [6, 6.07) is 15.1. The molecule has 2 aromatic carbocycles. The second kappa shape index (κ2) is 9.21. The van der Waals surface area contributed by atoms with Gasteiger partial charge in [0.25, 0.3) is 5.91 Å². The van der Waals surface area contributed by atoms with E-state index < -0.39 is 29.9 Å². The molecule has 2 aromatic rings. The molecule has 0 aliphatic carbocycles. The third-order valence-electron chi connectivity index (χ3n) is 4.84. The summed E-state index contributed by atoms with van der Waals surface area (Å²) in [5.74, 6) is -2.34. The molecule has 3 rings (SSSR count). The minimum atomic E-state index is -1.31. The number of imide groups is 1. The lowest BCUT2D eigenvalue weighted by Crippen LogP contribution is -2.41. The van der Waals surface area contributed by atoms with Gasteiger partial charge in [0.15, 0.2) is 0 Å². The summed E-state index contributed by atoms with van der Waals surface area (Å²) in [6.45, 7) is 2.11. The highest BCUT2D eigenvalue weighted by atomic mass is 16.5. The highest BCUT2D eigenvalue weighted by Gasteiger charge is 2.38. The predicted octanol–water partition coefficient (Wildman–Crippen LogP) is 2.09. The van der Waals surface area contributed by atoms with Gasteiger partial charge < -0.3 is 15.0 Å². The number of hydrogen-bond donors (Lipinski definition) is 2. The van der Waals surface area contributed by atoms with Gasteiger partial charge in [0.2, 0.25) is 12.0 Å². The first-order chi connectivity index (χ1) is 14.4. The number of rotatable bonds is 5. The molecule has 0 saturated carbocycles. The van der Waals surface area contributed by atoms with Crippen LogP contribution in [0.5, 0.6) is 0 Å². The van der Waals surface area contributed by atoms with Crippen LogP contribution in [0.2, 0.25) is 0 Å². The summed E-state index contributed by atoms with van der Waals surface area (Å²) < 4.78 is 5.47. The molecule has 2 N–H and O–H groups in total. The molecule has 4 amide bonds. The number of nitrogens with one attached hydrogen (secondary N) is 2. The van der Waals surface area contributed by atoms with E-state index in [0.717, 1.165) is 5.56 Å². The Morgan fingerprint density at radius 2 is 1.73 bits per heavy atom. The normalized spacial score (nSPS) is 16.7. The number of aryl methyl sites for hydroxylation is 1. The van der Waals surface area contributed by atoms with E-state index in [1.165, 1.54) is 11.9 Å². The topological polar surface area (TPSA) is 105 Å². The van der Waals surface area contributed by atoms with Crippen LogP contribution in [-0.4, -0.2) is 37.4 Å². The molecule has 8 heteroatoms. The van der Waals surface area contributed by atoms with Crippen LogP contribution in [0.1, 0.15) is 23.7 Å². The van der Waals surface area contributed by atoms with Gasteiger partial charge in [0, 0.05) is 31.3 Å². The second-order valence-corrected chi connectivity index (χ2v) is 7.04. The smallest absolute Gasteiger partial charge is 0.321 e. The van der Waals surface area contributed by atoms with Crippen LogP contribution >= 0.6 is 0 Å². The molecule has 1 aliphatic heterocycles. The number of benzene rings is 2. The molecule has 2 atom stereocenters. The lowest BCUT2D eigenvalue weighted by atomic mass is 10.1. The first kappa shape index (κ1) is 21.0. The van der Waals surface area contributed by atoms with Gasteiger partial charge in [-0.3, -0.25) is 19.7 Å². The van der Waals surface area contributed by atoms with E-state index >= 15 is 0 Å². The first-order valence-corrected chi connectivity index (χ1v) is 9.54. The van der Waals surface area contributed by atoms with E-state index in [1.807, 2.05) is 31.2 Å². The number of nitrogens with zero attached hydrogens (tertiary/aromatic N) is 1. The molecule has 1 heterocycles. The largest absolute Gasteiger partial charge is 0.447 e. The molecule has 0 spiro atoms. The average Bonchev–Trinajstić information content (AvgIpc) is 3.14. The Bertz CT molecular complexity index is 943. The van der Waals surface area contributed by atoms with Crippen molar-refractivity contribution in [3.05, 3.63) is 65.7 Å². The zero-order chi connectivity index (χ0) is 21.7. The Morgan fingerprint density at radius 1 is 1.07 bits per heavy atom. The fourth-order valence-electron chi connectivity index (χ4n) is 3.19. The van der Waals surface area contributed by atoms with E-state index in [0.29, 0.717) is 11.3 Å². The lowest BCUT2D eigenvalue weighted by Gasteiger charge is -2.20. The average molecular weight is 409 g/mol. The standard InChI is InChI=1S/C22H23N3O5/c1-14-8-10-17(11-9-14)25-13-16(12-18(25)26)21(28)30-19(15-6-4-3-5-7-15)20(27)24-22(29)23-2/h3-11,16,19H,12-13H2,1-2H3,(H2,23,24,27,29)/t16-,19+/m0/s1. The maximum atomic E-state index is 12.8. The minimum Gasteiger partial charge on any atom is -0.447 e. The maximum Gasteiger partial charge on any atom is 0.321 e. The zero-order valence-electron chi connectivity index (χ0n) is 16.8. The van der Waals surface area contributed by atoms with Crippen molar-refractivity contribution in [2.75, 3.05) is 18.5 Å². The molecule has 1 aliphatic rings. The van der Waals surface area contributed by atoms with Gasteiger partial charge in [-0.05, 0) is 19.1 Å². The van der Waals surface area contributed by atoms with Crippen molar-refractivity contribution < 1.29 is 23.9 Å². The summed E-state index contributed by atoms with van der Waals surface area (Å²) in [5.41, 5.74) is 2.19. The highest BCUT2D eigenvalue weighted by molar-refractivity contribution is 6.01. The SMILES string of the molecule is CNC(=O)NC(=O)[C@H](OC(=O)[C@H]1CC(=O)N(c2ccc(C)cc2)C1)c1ccccc1. The van der Waals surface area contributed by atoms with Gasteiger partial charge in [-0.2, -0.15) is 0 Å². The molecule has 0 unspecified atom stereocenters. The molecular weight excluding hydrogens is 386 g/mol. The molecule has 0 bridgehead atoms. The number of carbonyl (C=O) groups excluding carboxylic acids is 4. The molecule has 1 saturated heterocycles. The van der Waals surface area contributed by atoms with E-state index in [4.69, 9.17) is 4.74 Å². The van der Waals surface area contributed by atoms with Crippen LogP contribution in [0.4, 0.5) is 10.5 Å². The molecule has 156 valence electrons. The van der Waals surface area contributed by atoms with Crippen LogP contribution in [-0.2, 0) is 19.1 Å². The van der Waals surface area contributed by atoms with Crippen molar-refractivity contribution >= 4 is 29.5 Å². The van der Waals surface area contributed by atoms with E-state index in [1.54, 1.807) is 30.3 Å². The van der Waals surface area contributed by atoms with Crippen LogP contribution < -0.4 is 15.5 Å². The lowest BCUT2D eigenvalue weighted by molar-refractivity contribution is -0.159. The Hall–Kier alpha value is -3.68. The number of anilines is 1. The molecule has 0 radical (unpaired) electrons. The summed E-state index contributed by atoms with van der Waals surface area (Å²) in [5, 5.41) is 4.41. The van der Waals surface area contributed by atoms with Crippen molar-refractivity contribution in [2.24, 2.45) is 5.92 Å². The van der Waals surface area contributed by atoms with Crippen LogP contribution in [0, 0.1) is 12.8 Å². The van der Waals surface area contributed by atoms with Crippen molar-refractivity contribution in [1.29, 1.82) is 0 Å². The number of urea groups is 1. The number of amides is 4.